The van der Waals surface area contributed by atoms with E-state index in [1.165, 1.54) is 6.07 Å². The van der Waals surface area contributed by atoms with Gasteiger partial charge in [-0.25, -0.2) is 4.39 Å². The summed E-state index contributed by atoms with van der Waals surface area (Å²) in [5, 5.41) is 11.6. The smallest absolute Gasteiger partial charge is 0.123 e. The van der Waals surface area contributed by atoms with Crippen LogP contribution in [0.3, 0.4) is 0 Å². The summed E-state index contributed by atoms with van der Waals surface area (Å²) >= 11 is 0. The maximum absolute atomic E-state index is 13.6. The molecule has 4 heteroatoms. The third kappa shape index (κ3) is 3.02. The Morgan fingerprint density at radius 2 is 1.90 bits per heavy atom. The number of halogens is 1. The number of nitrogens with one attached hydrogen (secondary N) is 1. The zero-order valence-corrected chi connectivity index (χ0v) is 12.4. The van der Waals surface area contributed by atoms with Crippen molar-refractivity contribution in [1.82, 2.24) is 15.5 Å². The summed E-state index contributed by atoms with van der Waals surface area (Å²) in [7, 11) is 1.88. The zero-order chi connectivity index (χ0) is 14.7. The van der Waals surface area contributed by atoms with Gasteiger partial charge >= 0.3 is 0 Å². The van der Waals surface area contributed by atoms with Crippen molar-refractivity contribution in [3.05, 3.63) is 58.2 Å². The molecule has 0 saturated heterocycles. The fourth-order valence-electron chi connectivity index (χ4n) is 2.49. The van der Waals surface area contributed by atoms with Gasteiger partial charge in [0.15, 0.2) is 0 Å². The Hall–Kier alpha value is -1.81. The number of rotatable bonds is 4. The largest absolute Gasteiger partial charge is 0.309 e. The van der Waals surface area contributed by atoms with Gasteiger partial charge in [-0.15, -0.1) is 0 Å². The highest BCUT2D eigenvalue weighted by molar-refractivity contribution is 5.36. The Labute approximate surface area is 119 Å². The summed E-state index contributed by atoms with van der Waals surface area (Å²) in [4.78, 5) is 0. The molecule has 0 amide bonds. The fourth-order valence-corrected chi connectivity index (χ4v) is 2.49. The van der Waals surface area contributed by atoms with E-state index in [1.807, 2.05) is 40.0 Å². The summed E-state index contributed by atoms with van der Waals surface area (Å²) in [6.45, 7) is 5.86. The minimum atomic E-state index is -0.211. The second-order valence-electron chi connectivity index (χ2n) is 5.02. The standard InChI is InChI=1S/C16H20FN3/c1-5-15-14(8-11(3)19-20-15)16(18-4)12-6-10(2)7-13(17)9-12/h6-9,16,18H,5H2,1-4H3. The van der Waals surface area contributed by atoms with Gasteiger partial charge in [-0.3, -0.25) is 0 Å². The lowest BCUT2D eigenvalue weighted by Gasteiger charge is -2.20. The molecule has 0 radical (unpaired) electrons. The predicted octanol–water partition coefficient (Wildman–Crippen LogP) is 3.10. The minimum Gasteiger partial charge on any atom is -0.309 e. The summed E-state index contributed by atoms with van der Waals surface area (Å²) in [5.41, 5.74) is 4.69. The molecule has 1 N–H and O–H groups in total. The van der Waals surface area contributed by atoms with Crippen molar-refractivity contribution < 1.29 is 4.39 Å². The summed E-state index contributed by atoms with van der Waals surface area (Å²) in [6.07, 6.45) is 0.801. The molecule has 0 saturated carbocycles. The number of nitrogens with zero attached hydrogens (tertiary/aromatic N) is 2. The van der Waals surface area contributed by atoms with Crippen molar-refractivity contribution in [2.75, 3.05) is 7.05 Å². The van der Waals surface area contributed by atoms with Gasteiger partial charge in [0.25, 0.3) is 0 Å². The predicted molar refractivity (Wildman–Crippen MR) is 78.2 cm³/mol. The first-order valence-electron chi connectivity index (χ1n) is 6.82. The molecule has 2 rings (SSSR count). The average Bonchev–Trinajstić information content (AvgIpc) is 2.39. The Kier molecular flexibility index (Phi) is 4.45. The maximum Gasteiger partial charge on any atom is 0.123 e. The number of aromatic nitrogens is 2. The topological polar surface area (TPSA) is 37.8 Å². The molecule has 0 spiro atoms. The molecular formula is C16H20FN3. The van der Waals surface area contributed by atoms with Crippen molar-refractivity contribution in [2.24, 2.45) is 0 Å². The van der Waals surface area contributed by atoms with Crippen molar-refractivity contribution in [3.8, 4) is 0 Å². The first-order chi connectivity index (χ1) is 9.55. The van der Waals surface area contributed by atoms with E-state index in [1.54, 1.807) is 6.07 Å². The number of benzene rings is 1. The molecule has 1 aromatic heterocycles. The third-order valence-electron chi connectivity index (χ3n) is 3.36. The lowest BCUT2D eigenvalue weighted by molar-refractivity contribution is 0.612. The Balaban J connectivity index is 2.54. The van der Waals surface area contributed by atoms with Gasteiger partial charge in [-0.05, 0) is 62.2 Å². The molecule has 20 heavy (non-hydrogen) atoms. The van der Waals surface area contributed by atoms with E-state index in [2.05, 4.69) is 15.5 Å². The van der Waals surface area contributed by atoms with E-state index in [9.17, 15) is 4.39 Å². The fraction of sp³-hybridized carbons (Fsp3) is 0.375. The van der Waals surface area contributed by atoms with Crippen molar-refractivity contribution in [2.45, 2.75) is 33.2 Å². The second kappa shape index (κ2) is 6.09. The lowest BCUT2D eigenvalue weighted by Crippen LogP contribution is -2.20. The molecule has 106 valence electrons. The molecule has 1 unspecified atom stereocenters. The normalized spacial score (nSPS) is 12.4. The summed E-state index contributed by atoms with van der Waals surface area (Å²) in [6, 6.07) is 7.05. The van der Waals surface area contributed by atoms with Gasteiger partial charge in [-0.2, -0.15) is 10.2 Å². The van der Waals surface area contributed by atoms with E-state index >= 15 is 0 Å². The van der Waals surface area contributed by atoms with Gasteiger partial charge < -0.3 is 5.32 Å². The Bertz CT molecular complexity index is 590. The lowest BCUT2D eigenvalue weighted by atomic mass is 9.95. The first-order valence-corrected chi connectivity index (χ1v) is 6.82. The Morgan fingerprint density at radius 3 is 2.50 bits per heavy atom. The highest BCUT2D eigenvalue weighted by Crippen LogP contribution is 2.26. The number of hydrogen-bond acceptors (Lipinski definition) is 3. The van der Waals surface area contributed by atoms with E-state index in [0.29, 0.717) is 0 Å². The highest BCUT2D eigenvalue weighted by atomic mass is 19.1. The highest BCUT2D eigenvalue weighted by Gasteiger charge is 2.18. The first kappa shape index (κ1) is 14.6. The summed E-state index contributed by atoms with van der Waals surface area (Å²) in [5.74, 6) is -0.211. The van der Waals surface area contributed by atoms with Crippen LogP contribution in [0, 0.1) is 19.7 Å². The third-order valence-corrected chi connectivity index (χ3v) is 3.36. The number of aryl methyl sites for hydroxylation is 3. The van der Waals surface area contributed by atoms with Gasteiger partial charge in [-0.1, -0.05) is 13.0 Å². The van der Waals surface area contributed by atoms with E-state index < -0.39 is 0 Å². The quantitative estimate of drug-likeness (QED) is 0.930. The second-order valence-corrected chi connectivity index (χ2v) is 5.02. The molecule has 0 aliphatic carbocycles. The molecule has 0 bridgehead atoms. The van der Waals surface area contributed by atoms with Gasteiger partial charge in [0.05, 0.1) is 17.4 Å². The molecule has 1 heterocycles. The van der Waals surface area contributed by atoms with Crippen molar-refractivity contribution in [3.63, 3.8) is 0 Å². The minimum absolute atomic E-state index is 0.0754. The van der Waals surface area contributed by atoms with Crippen LogP contribution < -0.4 is 5.32 Å². The molecule has 0 fully saturated rings. The van der Waals surface area contributed by atoms with Crippen LogP contribution in [0.25, 0.3) is 0 Å². The molecule has 1 atom stereocenters. The van der Waals surface area contributed by atoms with E-state index in [-0.39, 0.29) is 11.9 Å². The molecule has 1 aromatic carbocycles. The SMILES string of the molecule is CCc1nnc(C)cc1C(NC)c1cc(C)cc(F)c1. The zero-order valence-electron chi connectivity index (χ0n) is 12.4. The molecule has 3 nitrogen and oxygen atoms in total. The van der Waals surface area contributed by atoms with Crippen LogP contribution in [0.5, 0.6) is 0 Å². The van der Waals surface area contributed by atoms with Crippen LogP contribution in [-0.4, -0.2) is 17.2 Å². The van der Waals surface area contributed by atoms with Gasteiger partial charge in [0.1, 0.15) is 5.82 Å². The average molecular weight is 273 g/mol. The summed E-state index contributed by atoms with van der Waals surface area (Å²) < 4.78 is 13.6. The van der Waals surface area contributed by atoms with Gasteiger partial charge in [0.2, 0.25) is 0 Å². The Morgan fingerprint density at radius 1 is 1.15 bits per heavy atom. The van der Waals surface area contributed by atoms with Crippen molar-refractivity contribution in [1.29, 1.82) is 0 Å². The van der Waals surface area contributed by atoms with E-state index in [4.69, 9.17) is 0 Å². The molecule has 0 aliphatic rings. The maximum atomic E-state index is 13.6. The van der Waals surface area contributed by atoms with Crippen LogP contribution in [-0.2, 0) is 6.42 Å². The van der Waals surface area contributed by atoms with Crippen LogP contribution in [0.15, 0.2) is 24.3 Å². The van der Waals surface area contributed by atoms with Crippen LogP contribution in [0.2, 0.25) is 0 Å². The van der Waals surface area contributed by atoms with Crippen molar-refractivity contribution >= 4 is 0 Å². The molecule has 2 aromatic rings. The van der Waals surface area contributed by atoms with Crippen LogP contribution in [0.1, 0.15) is 41.0 Å². The number of hydrogen-bond donors (Lipinski definition) is 1. The van der Waals surface area contributed by atoms with Crippen LogP contribution in [0.4, 0.5) is 4.39 Å². The van der Waals surface area contributed by atoms with Gasteiger partial charge in [0, 0.05) is 0 Å². The monoisotopic (exact) mass is 273 g/mol. The van der Waals surface area contributed by atoms with Crippen LogP contribution >= 0.6 is 0 Å². The van der Waals surface area contributed by atoms with E-state index in [0.717, 1.165) is 34.5 Å². The molecular weight excluding hydrogens is 253 g/mol. The molecule has 0 aliphatic heterocycles.